The molecule has 0 saturated heterocycles. The lowest BCUT2D eigenvalue weighted by molar-refractivity contribution is 0.302. The first-order valence-corrected chi connectivity index (χ1v) is 8.82. The lowest BCUT2D eigenvalue weighted by Crippen LogP contribution is -2.03. The molecule has 0 spiro atoms. The Bertz CT molecular complexity index is 564. The first-order valence-electron chi connectivity index (χ1n) is 6.15. The Kier molecular flexibility index (Phi) is 6.32. The van der Waals surface area contributed by atoms with Crippen molar-refractivity contribution in [2.45, 2.75) is 13.0 Å². The van der Waals surface area contributed by atoms with E-state index in [4.69, 9.17) is 10.5 Å². The molecule has 0 unspecified atom stereocenters. The molecule has 0 bridgehead atoms. The molecule has 2 rings (SSSR count). The van der Waals surface area contributed by atoms with Crippen molar-refractivity contribution in [2.75, 3.05) is 6.54 Å². The maximum atomic E-state index is 5.90. The third-order valence-electron chi connectivity index (χ3n) is 2.79. The largest absolute Gasteiger partial charge is 0.487 e. The molecule has 0 radical (unpaired) electrons. The summed E-state index contributed by atoms with van der Waals surface area (Å²) in [5.74, 6) is 0.823. The zero-order valence-corrected chi connectivity index (χ0v) is 16.0. The summed E-state index contributed by atoms with van der Waals surface area (Å²) in [6.45, 7) is 1.19. The summed E-state index contributed by atoms with van der Waals surface area (Å²) in [7, 11) is 0. The number of benzene rings is 2. The van der Waals surface area contributed by atoms with Gasteiger partial charge in [0, 0.05) is 3.57 Å². The normalized spacial score (nSPS) is 10.6. The predicted molar refractivity (Wildman–Crippen MR) is 98.1 cm³/mol. The molecule has 5 heteroatoms. The molecule has 20 heavy (non-hydrogen) atoms. The first kappa shape index (κ1) is 16.3. The number of ether oxygens (including phenoxy) is 1. The van der Waals surface area contributed by atoms with Crippen molar-refractivity contribution in [3.05, 3.63) is 60.0 Å². The quantitative estimate of drug-likeness (QED) is 0.581. The van der Waals surface area contributed by atoms with Gasteiger partial charge in [0.2, 0.25) is 0 Å². The van der Waals surface area contributed by atoms with Gasteiger partial charge in [0.15, 0.2) is 0 Å². The van der Waals surface area contributed by atoms with Crippen LogP contribution in [0, 0.1) is 3.57 Å². The van der Waals surface area contributed by atoms with Gasteiger partial charge >= 0.3 is 0 Å². The molecule has 2 N–H and O–H groups in total. The van der Waals surface area contributed by atoms with Crippen LogP contribution in [-0.4, -0.2) is 6.54 Å². The highest BCUT2D eigenvalue weighted by Crippen LogP contribution is 2.35. The van der Waals surface area contributed by atoms with Crippen molar-refractivity contribution in [3.63, 3.8) is 0 Å². The van der Waals surface area contributed by atoms with Crippen molar-refractivity contribution in [1.29, 1.82) is 0 Å². The van der Waals surface area contributed by atoms with Crippen molar-refractivity contribution in [3.8, 4) is 5.75 Å². The molecule has 0 fully saturated rings. The van der Waals surface area contributed by atoms with E-state index < -0.39 is 0 Å². The summed E-state index contributed by atoms with van der Waals surface area (Å²) < 4.78 is 9.01. The van der Waals surface area contributed by atoms with Gasteiger partial charge in [0.25, 0.3) is 0 Å². The van der Waals surface area contributed by atoms with Crippen LogP contribution in [0.3, 0.4) is 0 Å². The van der Waals surface area contributed by atoms with Crippen LogP contribution < -0.4 is 10.5 Å². The number of nitrogens with two attached hydrogens (primary N) is 1. The van der Waals surface area contributed by atoms with Gasteiger partial charge in [-0.25, -0.2) is 0 Å². The number of halogens is 3. The van der Waals surface area contributed by atoms with Gasteiger partial charge in [-0.3, -0.25) is 0 Å². The highest BCUT2D eigenvalue weighted by atomic mass is 127. The highest BCUT2D eigenvalue weighted by molar-refractivity contribution is 14.1. The fourth-order valence-corrected chi connectivity index (χ4v) is 3.67. The van der Waals surface area contributed by atoms with E-state index in [1.54, 1.807) is 0 Å². The second-order valence-electron chi connectivity index (χ2n) is 4.34. The summed E-state index contributed by atoms with van der Waals surface area (Å²) in [6, 6.07) is 12.4. The third-order valence-corrected chi connectivity index (χ3v) is 4.68. The van der Waals surface area contributed by atoms with E-state index in [-0.39, 0.29) is 0 Å². The zero-order chi connectivity index (χ0) is 14.5. The van der Waals surface area contributed by atoms with Gasteiger partial charge in [0.1, 0.15) is 12.4 Å². The van der Waals surface area contributed by atoms with Crippen molar-refractivity contribution in [2.24, 2.45) is 5.73 Å². The maximum Gasteiger partial charge on any atom is 0.148 e. The Hall–Kier alpha value is -0.110. The molecular weight excluding hydrogens is 497 g/mol. The average Bonchev–Trinajstić information content (AvgIpc) is 2.40. The predicted octanol–water partition coefficient (Wildman–Crippen LogP) is 4.90. The molecule has 0 aliphatic rings. The van der Waals surface area contributed by atoms with Crippen LogP contribution in [0.4, 0.5) is 0 Å². The average molecular weight is 511 g/mol. The minimum Gasteiger partial charge on any atom is -0.487 e. The molecule has 2 aromatic carbocycles. The Morgan fingerprint density at radius 1 is 1.00 bits per heavy atom. The SMILES string of the molecule is NCCc1cc(Br)c(OCc2ccc(I)cc2)c(Br)c1. The van der Waals surface area contributed by atoms with E-state index in [2.05, 4.69) is 90.8 Å². The van der Waals surface area contributed by atoms with Crippen molar-refractivity contribution >= 4 is 54.5 Å². The summed E-state index contributed by atoms with van der Waals surface area (Å²) in [4.78, 5) is 0. The molecule has 0 aliphatic heterocycles. The number of hydrogen-bond acceptors (Lipinski definition) is 2. The number of hydrogen-bond donors (Lipinski definition) is 1. The zero-order valence-electron chi connectivity index (χ0n) is 10.7. The molecule has 0 aromatic heterocycles. The molecular formula is C15H14Br2INO. The molecule has 106 valence electrons. The monoisotopic (exact) mass is 509 g/mol. The second-order valence-corrected chi connectivity index (χ2v) is 7.30. The summed E-state index contributed by atoms with van der Waals surface area (Å²) in [6.07, 6.45) is 0.856. The summed E-state index contributed by atoms with van der Waals surface area (Å²) in [5.41, 5.74) is 7.92. The molecule has 2 nitrogen and oxygen atoms in total. The molecule has 2 aromatic rings. The molecule has 0 saturated carbocycles. The van der Waals surface area contributed by atoms with E-state index in [0.29, 0.717) is 13.2 Å². The maximum absolute atomic E-state index is 5.90. The number of rotatable bonds is 5. The van der Waals surface area contributed by atoms with Crippen LogP contribution in [0.15, 0.2) is 45.3 Å². The minimum atomic E-state index is 0.546. The standard InChI is InChI=1S/C15H14Br2INO/c16-13-7-11(5-6-19)8-14(17)15(13)20-9-10-1-3-12(18)4-2-10/h1-4,7-8H,5-6,9,19H2. The van der Waals surface area contributed by atoms with Gasteiger partial charge < -0.3 is 10.5 Å². The fraction of sp³-hybridized carbons (Fsp3) is 0.200. The van der Waals surface area contributed by atoms with E-state index in [1.165, 1.54) is 9.13 Å². The van der Waals surface area contributed by atoms with Gasteiger partial charge in [0.05, 0.1) is 8.95 Å². The Balaban J connectivity index is 2.11. The molecule has 0 heterocycles. The van der Waals surface area contributed by atoms with Crippen LogP contribution in [0.2, 0.25) is 0 Å². The first-order chi connectivity index (χ1) is 9.60. The van der Waals surface area contributed by atoms with Gasteiger partial charge in [-0.05, 0) is 103 Å². The summed E-state index contributed by atoms with van der Waals surface area (Å²) >= 11 is 9.40. The molecule has 0 amide bonds. The van der Waals surface area contributed by atoms with Gasteiger partial charge in [-0.2, -0.15) is 0 Å². The fourth-order valence-electron chi connectivity index (χ4n) is 1.80. The second kappa shape index (κ2) is 7.77. The van der Waals surface area contributed by atoms with Gasteiger partial charge in [-0.15, -0.1) is 0 Å². The van der Waals surface area contributed by atoms with Gasteiger partial charge in [-0.1, -0.05) is 12.1 Å². The van der Waals surface area contributed by atoms with E-state index >= 15 is 0 Å². The topological polar surface area (TPSA) is 35.2 Å². The van der Waals surface area contributed by atoms with Crippen LogP contribution in [-0.2, 0) is 13.0 Å². The Labute approximate surface area is 149 Å². The minimum absolute atomic E-state index is 0.546. The lowest BCUT2D eigenvalue weighted by atomic mass is 10.1. The Morgan fingerprint density at radius 2 is 1.60 bits per heavy atom. The van der Waals surface area contributed by atoms with Crippen molar-refractivity contribution in [1.82, 2.24) is 0 Å². The Morgan fingerprint density at radius 3 is 2.15 bits per heavy atom. The van der Waals surface area contributed by atoms with Crippen LogP contribution in [0.25, 0.3) is 0 Å². The highest BCUT2D eigenvalue weighted by Gasteiger charge is 2.09. The molecule has 0 atom stereocenters. The lowest BCUT2D eigenvalue weighted by Gasteiger charge is -2.12. The smallest absolute Gasteiger partial charge is 0.148 e. The summed E-state index contributed by atoms with van der Waals surface area (Å²) in [5, 5.41) is 0. The van der Waals surface area contributed by atoms with Crippen molar-refractivity contribution < 1.29 is 4.74 Å². The third kappa shape index (κ3) is 4.44. The van der Waals surface area contributed by atoms with Crippen LogP contribution >= 0.6 is 54.5 Å². The molecule has 0 aliphatic carbocycles. The van der Waals surface area contributed by atoms with E-state index in [9.17, 15) is 0 Å². The van der Waals surface area contributed by atoms with Crippen LogP contribution in [0.5, 0.6) is 5.75 Å². The van der Waals surface area contributed by atoms with Crippen LogP contribution in [0.1, 0.15) is 11.1 Å². The van der Waals surface area contributed by atoms with E-state index in [0.717, 1.165) is 26.7 Å². The van der Waals surface area contributed by atoms with E-state index in [1.807, 2.05) is 0 Å².